The van der Waals surface area contributed by atoms with Crippen LogP contribution in [0.5, 0.6) is 0 Å². The van der Waals surface area contributed by atoms with Crippen LogP contribution in [-0.4, -0.2) is 41.4 Å². The van der Waals surface area contributed by atoms with Gasteiger partial charge in [-0.2, -0.15) is 21.6 Å². The number of hydrogen-bond donors (Lipinski definition) is 1. The van der Waals surface area contributed by atoms with E-state index in [0.717, 1.165) is 0 Å². The average molecular weight is 376 g/mol. The number of hydrogen-bond acceptors (Lipinski definition) is 4. The number of rotatable bonds is 5. The summed E-state index contributed by atoms with van der Waals surface area (Å²) < 4.78 is 69.6. The van der Waals surface area contributed by atoms with E-state index in [1.54, 1.807) is 22.6 Å². The number of carbonyl (C=O) groups excluding carboxylic acids is 1. The highest BCUT2D eigenvalue weighted by Gasteiger charge is 2.45. The van der Waals surface area contributed by atoms with Crippen LogP contribution in [0.25, 0.3) is 0 Å². The number of carbonyl (C=O) groups is 1. The fourth-order valence-corrected chi connectivity index (χ4v) is 1.76. The molecule has 0 bridgehead atoms. The van der Waals surface area contributed by atoms with Crippen LogP contribution in [0.4, 0.5) is 13.2 Å². The van der Waals surface area contributed by atoms with Crippen LogP contribution in [0.2, 0.25) is 0 Å². The van der Waals surface area contributed by atoms with E-state index in [2.05, 4.69) is 4.74 Å². The van der Waals surface area contributed by atoms with Gasteiger partial charge < -0.3 is 4.74 Å². The molecule has 0 saturated heterocycles. The largest absolute Gasteiger partial charge is 0.451 e. The van der Waals surface area contributed by atoms with E-state index in [1.807, 2.05) is 0 Å². The molecular weight excluding hydrogens is 368 g/mol. The Labute approximate surface area is 103 Å². The summed E-state index contributed by atoms with van der Waals surface area (Å²) >= 11 is 1.75. The molecule has 5 nitrogen and oxygen atoms in total. The van der Waals surface area contributed by atoms with E-state index >= 15 is 0 Å². The van der Waals surface area contributed by atoms with Crippen LogP contribution in [0.1, 0.15) is 6.42 Å². The second kappa shape index (κ2) is 6.00. The normalized spacial score (nSPS) is 14.6. The third kappa shape index (κ3) is 7.22. The van der Waals surface area contributed by atoms with Crippen molar-refractivity contribution in [3.8, 4) is 0 Å². The smallest absolute Gasteiger partial charge is 0.426 e. The Bertz CT molecular complexity index is 339. The lowest BCUT2D eigenvalue weighted by Crippen LogP contribution is -2.39. The van der Waals surface area contributed by atoms with Crippen molar-refractivity contribution in [2.24, 2.45) is 0 Å². The molecule has 0 radical (unpaired) electrons. The van der Waals surface area contributed by atoms with Gasteiger partial charge in [0.25, 0.3) is 10.1 Å². The molecule has 1 unspecified atom stereocenters. The van der Waals surface area contributed by atoms with E-state index < -0.39 is 34.1 Å². The van der Waals surface area contributed by atoms with Crippen LogP contribution in [-0.2, 0) is 19.6 Å². The first-order chi connectivity index (χ1) is 7.06. The minimum Gasteiger partial charge on any atom is -0.451 e. The van der Waals surface area contributed by atoms with E-state index in [9.17, 15) is 26.4 Å². The summed E-state index contributed by atoms with van der Waals surface area (Å²) in [6, 6.07) is 0. The van der Waals surface area contributed by atoms with Crippen molar-refractivity contribution in [3.05, 3.63) is 0 Å². The maximum atomic E-state index is 12.2. The van der Waals surface area contributed by atoms with Gasteiger partial charge in [-0.3, -0.25) is 9.35 Å². The zero-order valence-corrected chi connectivity index (χ0v) is 10.7. The quantitative estimate of drug-likeness (QED) is 0.337. The van der Waals surface area contributed by atoms with Gasteiger partial charge in [-0.05, 0) is 0 Å². The second-order valence-corrected chi connectivity index (χ2v) is 5.28. The van der Waals surface area contributed by atoms with Gasteiger partial charge in [-0.15, -0.1) is 0 Å². The van der Waals surface area contributed by atoms with Crippen molar-refractivity contribution in [2.75, 3.05) is 10.2 Å². The lowest BCUT2D eigenvalue weighted by molar-refractivity contribution is -0.215. The Morgan fingerprint density at radius 3 is 2.25 bits per heavy atom. The Morgan fingerprint density at radius 2 is 1.94 bits per heavy atom. The van der Waals surface area contributed by atoms with Gasteiger partial charge in [-0.1, -0.05) is 22.6 Å². The van der Waals surface area contributed by atoms with Crippen molar-refractivity contribution in [1.29, 1.82) is 0 Å². The molecule has 0 aromatic rings. The van der Waals surface area contributed by atoms with Crippen LogP contribution < -0.4 is 0 Å². The Morgan fingerprint density at radius 1 is 1.44 bits per heavy atom. The molecule has 0 saturated carbocycles. The second-order valence-electron chi connectivity index (χ2n) is 2.71. The van der Waals surface area contributed by atoms with Crippen LogP contribution in [0.3, 0.4) is 0 Å². The maximum absolute atomic E-state index is 12.2. The molecule has 0 heterocycles. The first-order valence-corrected chi connectivity index (χ1v) is 6.97. The van der Waals surface area contributed by atoms with Gasteiger partial charge in [0.1, 0.15) is 5.75 Å². The minimum absolute atomic E-state index is 0.243. The molecule has 0 rings (SSSR count). The zero-order chi connectivity index (χ0) is 13.0. The summed E-state index contributed by atoms with van der Waals surface area (Å²) in [5.41, 5.74) is 0. The number of halogens is 4. The molecule has 0 amide bonds. The highest BCUT2D eigenvalue weighted by molar-refractivity contribution is 14.1. The first-order valence-electron chi connectivity index (χ1n) is 3.83. The van der Waals surface area contributed by atoms with Crippen molar-refractivity contribution in [3.63, 3.8) is 0 Å². The predicted octanol–water partition coefficient (Wildman–Crippen LogP) is 1.17. The molecule has 0 spiro atoms. The molecule has 96 valence electrons. The van der Waals surface area contributed by atoms with Gasteiger partial charge in [0.05, 0.1) is 6.42 Å². The molecule has 0 aromatic carbocycles. The predicted molar refractivity (Wildman–Crippen MR) is 55.9 cm³/mol. The maximum Gasteiger partial charge on any atom is 0.426 e. The summed E-state index contributed by atoms with van der Waals surface area (Å²) in [6.45, 7) is 0. The third-order valence-electron chi connectivity index (χ3n) is 1.30. The lowest BCUT2D eigenvalue weighted by atomic mass is 10.4. The van der Waals surface area contributed by atoms with Gasteiger partial charge in [0, 0.05) is 4.43 Å². The Hall–Kier alpha value is -0.100. The Balaban J connectivity index is 4.65. The van der Waals surface area contributed by atoms with Gasteiger partial charge in [-0.25, -0.2) is 0 Å². The van der Waals surface area contributed by atoms with Crippen LogP contribution in [0.15, 0.2) is 0 Å². The summed E-state index contributed by atoms with van der Waals surface area (Å²) in [4.78, 5) is 10.8. The topological polar surface area (TPSA) is 80.7 Å². The summed E-state index contributed by atoms with van der Waals surface area (Å²) in [5.74, 6) is -2.86. The SMILES string of the molecule is O=C(CCI)OC(CS(=O)(=O)O)C(F)(F)F. The minimum atomic E-state index is -5.03. The van der Waals surface area contributed by atoms with E-state index in [1.165, 1.54) is 0 Å². The fourth-order valence-electron chi connectivity index (χ4n) is 0.681. The van der Waals surface area contributed by atoms with E-state index in [4.69, 9.17) is 4.55 Å². The van der Waals surface area contributed by atoms with E-state index in [-0.39, 0.29) is 10.8 Å². The molecule has 0 fully saturated rings. The first kappa shape index (κ1) is 15.9. The van der Waals surface area contributed by atoms with Gasteiger partial charge in [0.15, 0.2) is 0 Å². The van der Waals surface area contributed by atoms with Crippen LogP contribution >= 0.6 is 22.6 Å². The molecule has 16 heavy (non-hydrogen) atoms. The van der Waals surface area contributed by atoms with Crippen molar-refractivity contribution >= 4 is 38.7 Å². The zero-order valence-electron chi connectivity index (χ0n) is 7.70. The molecule has 0 aliphatic heterocycles. The third-order valence-corrected chi connectivity index (χ3v) is 2.56. The number of alkyl halides is 4. The molecule has 0 aliphatic carbocycles. The van der Waals surface area contributed by atoms with E-state index in [0.29, 0.717) is 0 Å². The van der Waals surface area contributed by atoms with Crippen molar-refractivity contribution in [1.82, 2.24) is 0 Å². The molecule has 1 atom stereocenters. The van der Waals surface area contributed by atoms with Gasteiger partial charge >= 0.3 is 12.1 Å². The highest BCUT2D eigenvalue weighted by atomic mass is 127. The van der Waals surface area contributed by atoms with Gasteiger partial charge in [0.2, 0.25) is 6.10 Å². The molecule has 0 aromatic heterocycles. The van der Waals surface area contributed by atoms with Crippen LogP contribution in [0, 0.1) is 0 Å². The monoisotopic (exact) mass is 376 g/mol. The number of ether oxygens (including phenoxy) is 1. The summed E-state index contributed by atoms with van der Waals surface area (Å²) in [6.07, 6.45) is -8.13. The highest BCUT2D eigenvalue weighted by Crippen LogP contribution is 2.24. The molecule has 0 aliphatic rings. The fraction of sp³-hybridized carbons (Fsp3) is 0.833. The van der Waals surface area contributed by atoms with Crippen molar-refractivity contribution in [2.45, 2.75) is 18.7 Å². The molecular formula is C6H8F3IO5S. The summed E-state index contributed by atoms with van der Waals surface area (Å²) in [7, 11) is -4.87. The molecule has 1 N–H and O–H groups in total. The summed E-state index contributed by atoms with van der Waals surface area (Å²) in [5, 5.41) is 0. The Kier molecular flexibility index (Phi) is 5.96. The standard InChI is InChI=1S/C6H8F3IO5S/c7-6(8,9)4(3-16(12,13)14)15-5(11)1-2-10/h4H,1-3H2,(H,12,13,14). The lowest BCUT2D eigenvalue weighted by Gasteiger charge is -2.19. The number of esters is 1. The molecule has 10 heteroatoms. The van der Waals surface area contributed by atoms with Crippen molar-refractivity contribution < 1.29 is 35.7 Å². The average Bonchev–Trinajstić information content (AvgIpc) is 1.98.